The number of carbonyl (C=O) groups is 3. The van der Waals surface area contributed by atoms with Gasteiger partial charge in [-0.1, -0.05) is 285 Å². The summed E-state index contributed by atoms with van der Waals surface area (Å²) in [6, 6.07) is 0. The van der Waals surface area contributed by atoms with E-state index in [2.05, 4.69) is 27.7 Å². The summed E-state index contributed by atoms with van der Waals surface area (Å²) in [4.78, 5) is 38.0. The zero-order valence-corrected chi connectivity index (χ0v) is 43.0. The van der Waals surface area contributed by atoms with Gasteiger partial charge >= 0.3 is 17.9 Å². The Morgan fingerprint density at radius 2 is 0.524 bits per heavy atom. The highest BCUT2D eigenvalue weighted by atomic mass is 16.6. The van der Waals surface area contributed by atoms with E-state index in [1.54, 1.807) is 0 Å². The first-order valence-electron chi connectivity index (χ1n) is 28.4. The maximum absolute atomic E-state index is 12.8. The molecule has 0 saturated heterocycles. The van der Waals surface area contributed by atoms with Crippen molar-refractivity contribution in [2.45, 2.75) is 329 Å². The fourth-order valence-corrected chi connectivity index (χ4v) is 8.75. The van der Waals surface area contributed by atoms with E-state index >= 15 is 0 Å². The van der Waals surface area contributed by atoms with E-state index in [1.165, 1.54) is 218 Å². The number of hydrogen-bond donors (Lipinski definition) is 0. The van der Waals surface area contributed by atoms with Gasteiger partial charge in [-0.3, -0.25) is 14.4 Å². The van der Waals surface area contributed by atoms with Gasteiger partial charge in [-0.25, -0.2) is 0 Å². The number of unbranched alkanes of at least 4 members (excludes halogenated alkanes) is 39. The molecular formula is C57H110O6. The Balaban J connectivity index is 4.21. The molecule has 63 heavy (non-hydrogen) atoms. The minimum absolute atomic E-state index is 0.0631. The molecule has 0 N–H and O–H groups in total. The molecule has 0 bridgehead atoms. The molecule has 6 heteroatoms. The quantitative estimate of drug-likeness (QED) is 0.0344. The predicted molar refractivity (Wildman–Crippen MR) is 270 cm³/mol. The maximum atomic E-state index is 12.8. The monoisotopic (exact) mass is 891 g/mol. The highest BCUT2D eigenvalue weighted by molar-refractivity contribution is 5.71. The van der Waals surface area contributed by atoms with Crippen LogP contribution in [-0.4, -0.2) is 37.2 Å². The van der Waals surface area contributed by atoms with Crippen LogP contribution in [0.25, 0.3) is 0 Å². The lowest BCUT2D eigenvalue weighted by Crippen LogP contribution is -2.30. The van der Waals surface area contributed by atoms with Crippen LogP contribution < -0.4 is 0 Å². The van der Waals surface area contributed by atoms with Gasteiger partial charge in [0.15, 0.2) is 6.10 Å². The van der Waals surface area contributed by atoms with Gasteiger partial charge in [0.05, 0.1) is 0 Å². The fraction of sp³-hybridized carbons (Fsp3) is 0.947. The average Bonchev–Trinajstić information content (AvgIpc) is 3.27. The molecule has 0 heterocycles. The maximum Gasteiger partial charge on any atom is 0.306 e. The molecule has 0 rings (SSSR count). The Bertz CT molecular complexity index is 949. The first-order valence-corrected chi connectivity index (χ1v) is 28.4. The Morgan fingerprint density at radius 1 is 0.302 bits per heavy atom. The summed E-state index contributed by atoms with van der Waals surface area (Å²) in [5, 5.41) is 0. The molecule has 1 atom stereocenters. The van der Waals surface area contributed by atoms with Crippen molar-refractivity contribution in [1.29, 1.82) is 0 Å². The van der Waals surface area contributed by atoms with Crippen LogP contribution in [-0.2, 0) is 28.6 Å². The smallest absolute Gasteiger partial charge is 0.306 e. The van der Waals surface area contributed by atoms with Gasteiger partial charge in [-0.2, -0.15) is 0 Å². The molecule has 0 aliphatic heterocycles. The minimum atomic E-state index is -0.762. The molecule has 0 unspecified atom stereocenters. The first-order chi connectivity index (χ1) is 30.9. The second-order valence-corrected chi connectivity index (χ2v) is 20.1. The second-order valence-electron chi connectivity index (χ2n) is 20.1. The zero-order valence-electron chi connectivity index (χ0n) is 43.0. The molecule has 0 spiro atoms. The largest absolute Gasteiger partial charge is 0.462 e. The van der Waals surface area contributed by atoms with Crippen molar-refractivity contribution >= 4 is 17.9 Å². The third-order valence-corrected chi connectivity index (χ3v) is 13.0. The lowest BCUT2D eigenvalue weighted by Gasteiger charge is -2.18. The number of rotatable bonds is 52. The van der Waals surface area contributed by atoms with Gasteiger partial charge in [-0.05, 0) is 25.2 Å². The van der Waals surface area contributed by atoms with Gasteiger partial charge in [0.25, 0.3) is 0 Å². The van der Waals surface area contributed by atoms with Crippen molar-refractivity contribution in [3.63, 3.8) is 0 Å². The molecule has 0 aromatic carbocycles. The van der Waals surface area contributed by atoms with Gasteiger partial charge in [-0.15, -0.1) is 0 Å². The SMILES string of the molecule is CCCCCCCCCCCCCCCCCCCCCC(=O)O[C@H](COC(=O)CCCCCCCCCCCCCCCCCCC)COC(=O)CCCCCCCCC(C)C. The van der Waals surface area contributed by atoms with E-state index < -0.39 is 6.10 Å². The number of esters is 3. The van der Waals surface area contributed by atoms with Crippen LogP contribution >= 0.6 is 0 Å². The van der Waals surface area contributed by atoms with Crippen LogP contribution in [0.1, 0.15) is 323 Å². The highest BCUT2D eigenvalue weighted by Gasteiger charge is 2.19. The highest BCUT2D eigenvalue weighted by Crippen LogP contribution is 2.18. The van der Waals surface area contributed by atoms with E-state index in [0.717, 1.165) is 63.7 Å². The molecule has 0 fully saturated rings. The van der Waals surface area contributed by atoms with E-state index in [9.17, 15) is 14.4 Å². The summed E-state index contributed by atoms with van der Waals surface area (Å²) < 4.78 is 16.8. The molecule has 0 aromatic heterocycles. The van der Waals surface area contributed by atoms with Gasteiger partial charge in [0.1, 0.15) is 13.2 Å². The van der Waals surface area contributed by atoms with E-state index in [4.69, 9.17) is 14.2 Å². The zero-order chi connectivity index (χ0) is 45.9. The molecule has 0 amide bonds. The van der Waals surface area contributed by atoms with E-state index in [0.29, 0.717) is 19.3 Å². The predicted octanol–water partition coefficient (Wildman–Crippen LogP) is 18.6. The van der Waals surface area contributed by atoms with Crippen LogP contribution in [0, 0.1) is 5.92 Å². The van der Waals surface area contributed by atoms with Crippen molar-refractivity contribution in [2.75, 3.05) is 13.2 Å². The Kier molecular flexibility index (Phi) is 50.1. The van der Waals surface area contributed by atoms with Crippen molar-refractivity contribution in [1.82, 2.24) is 0 Å². The summed E-state index contributed by atoms with van der Waals surface area (Å²) in [7, 11) is 0. The van der Waals surface area contributed by atoms with Gasteiger partial charge in [0.2, 0.25) is 0 Å². The third-order valence-electron chi connectivity index (χ3n) is 13.0. The first kappa shape index (κ1) is 61.4. The number of carbonyl (C=O) groups excluding carboxylic acids is 3. The molecule has 0 aromatic rings. The lowest BCUT2D eigenvalue weighted by molar-refractivity contribution is -0.167. The Morgan fingerprint density at radius 3 is 0.778 bits per heavy atom. The molecule has 6 nitrogen and oxygen atoms in total. The van der Waals surface area contributed by atoms with Gasteiger partial charge < -0.3 is 14.2 Å². The van der Waals surface area contributed by atoms with Crippen LogP contribution in [0.2, 0.25) is 0 Å². The van der Waals surface area contributed by atoms with Crippen molar-refractivity contribution in [2.24, 2.45) is 5.92 Å². The van der Waals surface area contributed by atoms with Crippen LogP contribution in [0.15, 0.2) is 0 Å². The Hall–Kier alpha value is -1.59. The van der Waals surface area contributed by atoms with E-state index in [1.807, 2.05) is 0 Å². The molecular weight excluding hydrogens is 781 g/mol. The minimum Gasteiger partial charge on any atom is -0.462 e. The summed E-state index contributed by atoms with van der Waals surface area (Å²) in [6.07, 6.45) is 55.4. The molecule has 0 aliphatic carbocycles. The van der Waals surface area contributed by atoms with Crippen LogP contribution in [0.3, 0.4) is 0 Å². The summed E-state index contributed by atoms with van der Waals surface area (Å²) in [5.74, 6) is -0.0805. The third kappa shape index (κ3) is 51.3. The van der Waals surface area contributed by atoms with Crippen LogP contribution in [0.5, 0.6) is 0 Å². The number of ether oxygens (including phenoxy) is 3. The second kappa shape index (κ2) is 51.4. The molecule has 0 saturated carbocycles. The summed E-state index contributed by atoms with van der Waals surface area (Å²) in [6.45, 7) is 8.98. The van der Waals surface area contributed by atoms with E-state index in [-0.39, 0.29) is 31.1 Å². The standard InChI is InChI=1S/C57H110O6/c1-5-7-9-11-13-15-17-19-21-23-24-26-28-30-32-34-36-42-46-50-57(60)63-54(52-62-56(59)49-45-41-38-37-39-43-47-53(3)4)51-61-55(58)48-44-40-35-33-31-29-27-25-22-20-18-16-14-12-10-8-6-2/h53-54H,5-52H2,1-4H3/t54-/m1/s1. The summed E-state index contributed by atoms with van der Waals surface area (Å²) in [5.41, 5.74) is 0. The molecule has 0 radical (unpaired) electrons. The van der Waals surface area contributed by atoms with Gasteiger partial charge in [0, 0.05) is 19.3 Å². The topological polar surface area (TPSA) is 78.9 Å². The van der Waals surface area contributed by atoms with Crippen molar-refractivity contribution < 1.29 is 28.6 Å². The normalized spacial score (nSPS) is 12.0. The molecule has 374 valence electrons. The number of hydrogen-bond acceptors (Lipinski definition) is 6. The van der Waals surface area contributed by atoms with Crippen molar-refractivity contribution in [3.8, 4) is 0 Å². The average molecular weight is 892 g/mol. The lowest BCUT2D eigenvalue weighted by atomic mass is 10.0. The Labute approximate surface area is 393 Å². The van der Waals surface area contributed by atoms with Crippen LogP contribution in [0.4, 0.5) is 0 Å². The van der Waals surface area contributed by atoms with Crippen molar-refractivity contribution in [3.05, 3.63) is 0 Å². The molecule has 0 aliphatic rings. The summed E-state index contributed by atoms with van der Waals surface area (Å²) >= 11 is 0. The fourth-order valence-electron chi connectivity index (χ4n) is 8.75.